The van der Waals surface area contributed by atoms with E-state index in [1.54, 1.807) is 6.92 Å². The summed E-state index contributed by atoms with van der Waals surface area (Å²) in [6, 6.07) is 0. The molecule has 0 aromatic carbocycles. The summed E-state index contributed by atoms with van der Waals surface area (Å²) in [5, 5.41) is 7.43. The number of rotatable bonds is 0. The van der Waals surface area contributed by atoms with Crippen molar-refractivity contribution in [3.05, 3.63) is 26.7 Å². The van der Waals surface area contributed by atoms with Gasteiger partial charge >= 0.3 is 5.69 Å². The Morgan fingerprint density at radius 1 is 1.07 bits per heavy atom. The standard InChI is InChI=1S/C8H9N5O2/c1-4-9-6-5(11-10-4)7(14)13(3)8(15)12(6)2/h1-3H3. The normalized spacial score (nSPS) is 10.9. The Bertz CT molecular complexity index is 654. The van der Waals surface area contributed by atoms with Gasteiger partial charge in [-0.15, -0.1) is 10.2 Å². The van der Waals surface area contributed by atoms with Crippen molar-refractivity contribution in [2.75, 3.05) is 0 Å². The zero-order chi connectivity index (χ0) is 11.2. The fourth-order valence-corrected chi connectivity index (χ4v) is 1.33. The number of hydrogen-bond acceptors (Lipinski definition) is 5. The first-order chi connectivity index (χ1) is 7.02. The van der Waals surface area contributed by atoms with E-state index in [0.717, 1.165) is 4.57 Å². The Hall–Kier alpha value is -2.05. The van der Waals surface area contributed by atoms with Crippen LogP contribution in [0.2, 0.25) is 0 Å². The van der Waals surface area contributed by atoms with Crippen LogP contribution in [-0.2, 0) is 14.1 Å². The molecule has 0 N–H and O–H groups in total. The SMILES string of the molecule is Cc1nnc2c(=O)n(C)c(=O)n(C)c2n1. The van der Waals surface area contributed by atoms with Crippen molar-refractivity contribution in [2.45, 2.75) is 6.92 Å². The van der Waals surface area contributed by atoms with Crippen molar-refractivity contribution < 1.29 is 0 Å². The highest BCUT2D eigenvalue weighted by molar-refractivity contribution is 5.67. The van der Waals surface area contributed by atoms with Gasteiger partial charge in [-0.1, -0.05) is 0 Å². The lowest BCUT2D eigenvalue weighted by molar-refractivity contribution is 0.697. The molecule has 2 heterocycles. The third-order valence-corrected chi connectivity index (χ3v) is 2.17. The lowest BCUT2D eigenvalue weighted by atomic mass is 10.5. The summed E-state index contributed by atoms with van der Waals surface area (Å²) in [6.07, 6.45) is 0. The van der Waals surface area contributed by atoms with Crippen LogP contribution in [0.5, 0.6) is 0 Å². The van der Waals surface area contributed by atoms with Crippen LogP contribution in [0.1, 0.15) is 5.82 Å². The van der Waals surface area contributed by atoms with Gasteiger partial charge in [0.2, 0.25) is 0 Å². The molecule has 0 radical (unpaired) electrons. The second-order valence-corrected chi connectivity index (χ2v) is 3.24. The fourth-order valence-electron chi connectivity index (χ4n) is 1.33. The molecule has 78 valence electrons. The van der Waals surface area contributed by atoms with Gasteiger partial charge in [0.25, 0.3) is 5.56 Å². The van der Waals surface area contributed by atoms with Crippen molar-refractivity contribution in [1.82, 2.24) is 24.3 Å². The highest BCUT2D eigenvalue weighted by Gasteiger charge is 2.10. The van der Waals surface area contributed by atoms with Gasteiger partial charge in [0.1, 0.15) is 5.82 Å². The van der Waals surface area contributed by atoms with E-state index in [0.29, 0.717) is 5.82 Å². The summed E-state index contributed by atoms with van der Waals surface area (Å²) in [5.74, 6) is 0.422. The molecule has 0 spiro atoms. The highest BCUT2D eigenvalue weighted by atomic mass is 16.2. The van der Waals surface area contributed by atoms with Gasteiger partial charge in [0.15, 0.2) is 11.2 Å². The molecule has 15 heavy (non-hydrogen) atoms. The van der Waals surface area contributed by atoms with E-state index in [1.807, 2.05) is 0 Å². The van der Waals surface area contributed by atoms with E-state index in [-0.39, 0.29) is 11.2 Å². The van der Waals surface area contributed by atoms with Crippen LogP contribution < -0.4 is 11.2 Å². The summed E-state index contributed by atoms with van der Waals surface area (Å²) < 4.78 is 2.26. The van der Waals surface area contributed by atoms with Gasteiger partial charge < -0.3 is 0 Å². The number of hydrogen-bond donors (Lipinski definition) is 0. The molecule has 2 aromatic rings. The molecule has 2 aromatic heterocycles. The van der Waals surface area contributed by atoms with Gasteiger partial charge in [0.05, 0.1) is 0 Å². The smallest absolute Gasteiger partial charge is 0.279 e. The van der Waals surface area contributed by atoms with Crippen LogP contribution in [0.25, 0.3) is 11.2 Å². The van der Waals surface area contributed by atoms with E-state index in [9.17, 15) is 9.59 Å². The lowest BCUT2D eigenvalue weighted by Crippen LogP contribution is -2.38. The minimum absolute atomic E-state index is 0.102. The highest BCUT2D eigenvalue weighted by Crippen LogP contribution is 1.98. The molecule has 0 saturated heterocycles. The van der Waals surface area contributed by atoms with Gasteiger partial charge in [-0.3, -0.25) is 13.9 Å². The van der Waals surface area contributed by atoms with Crippen molar-refractivity contribution in [3.63, 3.8) is 0 Å². The van der Waals surface area contributed by atoms with E-state index < -0.39 is 11.2 Å². The van der Waals surface area contributed by atoms with Crippen LogP contribution in [0.3, 0.4) is 0 Å². The number of aryl methyl sites for hydroxylation is 2. The summed E-state index contributed by atoms with van der Waals surface area (Å²) in [5.41, 5.74) is -0.540. The Balaban J connectivity index is 3.15. The predicted octanol–water partition coefficient (Wildman–Crippen LogP) is -1.27. The quantitative estimate of drug-likeness (QED) is 0.538. The number of nitrogens with zero attached hydrogens (tertiary/aromatic N) is 5. The van der Waals surface area contributed by atoms with Crippen LogP contribution in [0.15, 0.2) is 9.59 Å². The van der Waals surface area contributed by atoms with Crippen molar-refractivity contribution in [2.24, 2.45) is 14.1 Å². The molecule has 7 heteroatoms. The topological polar surface area (TPSA) is 82.7 Å². The molecular formula is C8H9N5O2. The van der Waals surface area contributed by atoms with Crippen LogP contribution in [0.4, 0.5) is 0 Å². The maximum Gasteiger partial charge on any atom is 0.332 e. The molecule has 0 aliphatic heterocycles. The molecule has 0 amide bonds. The van der Waals surface area contributed by atoms with E-state index in [4.69, 9.17) is 0 Å². The Morgan fingerprint density at radius 3 is 2.40 bits per heavy atom. The fraction of sp³-hybridized carbons (Fsp3) is 0.375. The molecule has 0 aliphatic carbocycles. The van der Waals surface area contributed by atoms with Crippen molar-refractivity contribution in [1.29, 1.82) is 0 Å². The number of fused-ring (bicyclic) bond motifs is 1. The first-order valence-electron chi connectivity index (χ1n) is 4.29. The molecule has 0 fully saturated rings. The first-order valence-corrected chi connectivity index (χ1v) is 4.29. The maximum absolute atomic E-state index is 11.6. The second-order valence-electron chi connectivity index (χ2n) is 3.24. The van der Waals surface area contributed by atoms with E-state index in [1.165, 1.54) is 18.7 Å². The van der Waals surface area contributed by atoms with Crippen molar-refractivity contribution in [3.8, 4) is 0 Å². The Morgan fingerprint density at radius 2 is 1.73 bits per heavy atom. The van der Waals surface area contributed by atoms with Crippen LogP contribution >= 0.6 is 0 Å². The minimum atomic E-state index is -0.479. The Kier molecular flexibility index (Phi) is 1.88. The maximum atomic E-state index is 11.6. The molecule has 7 nitrogen and oxygen atoms in total. The van der Waals surface area contributed by atoms with E-state index in [2.05, 4.69) is 15.2 Å². The van der Waals surface area contributed by atoms with Gasteiger partial charge in [-0.05, 0) is 6.92 Å². The Labute approximate surface area is 84.0 Å². The molecule has 0 bridgehead atoms. The molecule has 0 aliphatic rings. The lowest BCUT2D eigenvalue weighted by Gasteiger charge is -2.04. The van der Waals surface area contributed by atoms with Gasteiger partial charge in [-0.2, -0.15) is 0 Å². The zero-order valence-electron chi connectivity index (χ0n) is 8.55. The molecule has 2 rings (SSSR count). The zero-order valence-corrected chi connectivity index (χ0v) is 8.55. The monoisotopic (exact) mass is 207 g/mol. The first kappa shape index (κ1) is 9.50. The summed E-state index contributed by atoms with van der Waals surface area (Å²) >= 11 is 0. The van der Waals surface area contributed by atoms with Gasteiger partial charge in [0, 0.05) is 14.1 Å². The summed E-state index contributed by atoms with van der Waals surface area (Å²) in [4.78, 5) is 27.2. The summed E-state index contributed by atoms with van der Waals surface area (Å²) in [6.45, 7) is 1.65. The second kappa shape index (κ2) is 2.97. The molecule has 0 unspecified atom stereocenters. The van der Waals surface area contributed by atoms with Crippen LogP contribution in [0, 0.1) is 6.92 Å². The average molecular weight is 207 g/mol. The van der Waals surface area contributed by atoms with Crippen LogP contribution in [-0.4, -0.2) is 24.3 Å². The van der Waals surface area contributed by atoms with Crippen molar-refractivity contribution >= 4 is 11.2 Å². The average Bonchev–Trinajstić information content (AvgIpc) is 2.23. The minimum Gasteiger partial charge on any atom is -0.279 e. The van der Waals surface area contributed by atoms with E-state index >= 15 is 0 Å². The largest absolute Gasteiger partial charge is 0.332 e. The molecule has 0 saturated carbocycles. The third kappa shape index (κ3) is 1.24. The molecule has 0 atom stereocenters. The van der Waals surface area contributed by atoms with Gasteiger partial charge in [-0.25, -0.2) is 9.78 Å². The summed E-state index contributed by atoms with van der Waals surface area (Å²) in [7, 11) is 2.93. The predicted molar refractivity (Wildman–Crippen MR) is 52.6 cm³/mol. The third-order valence-electron chi connectivity index (χ3n) is 2.17. The number of aromatic nitrogens is 5. The molecular weight excluding hydrogens is 198 g/mol.